The van der Waals surface area contributed by atoms with Gasteiger partial charge in [0.2, 0.25) is 0 Å². The van der Waals surface area contributed by atoms with Crippen LogP contribution >= 0.6 is 0 Å². The Morgan fingerprint density at radius 2 is 2.16 bits per heavy atom. The van der Waals surface area contributed by atoms with Crippen LogP contribution in [0.4, 0.5) is 4.79 Å². The standard InChI is InChI=1S/C14H20N2O3/c1-18-12-6-4-11(5-7-12)9-16-10-13(3-2-8-15)19-14(16)17/h4-7,13H,2-3,8-10,15H2,1H3. The number of carbonyl (C=O) groups is 1. The highest BCUT2D eigenvalue weighted by Gasteiger charge is 2.30. The van der Waals surface area contributed by atoms with Gasteiger partial charge in [-0.1, -0.05) is 12.1 Å². The molecule has 1 saturated heterocycles. The molecular weight excluding hydrogens is 244 g/mol. The molecule has 5 heteroatoms. The number of benzene rings is 1. The summed E-state index contributed by atoms with van der Waals surface area (Å²) in [4.78, 5) is 13.4. The van der Waals surface area contributed by atoms with Crippen molar-refractivity contribution < 1.29 is 14.3 Å². The molecule has 1 atom stereocenters. The van der Waals surface area contributed by atoms with Gasteiger partial charge in [0.05, 0.1) is 13.7 Å². The molecule has 104 valence electrons. The lowest BCUT2D eigenvalue weighted by atomic mass is 10.2. The molecule has 1 aromatic rings. The normalized spacial score (nSPS) is 18.5. The highest BCUT2D eigenvalue weighted by atomic mass is 16.6. The van der Waals surface area contributed by atoms with Crippen LogP contribution in [0.2, 0.25) is 0 Å². The van der Waals surface area contributed by atoms with Gasteiger partial charge in [-0.15, -0.1) is 0 Å². The lowest BCUT2D eigenvalue weighted by molar-refractivity contribution is 0.127. The molecule has 0 saturated carbocycles. The Morgan fingerprint density at radius 1 is 1.42 bits per heavy atom. The van der Waals surface area contributed by atoms with E-state index < -0.39 is 0 Å². The molecule has 0 radical (unpaired) electrons. The van der Waals surface area contributed by atoms with Crippen molar-refractivity contribution in [2.75, 3.05) is 20.2 Å². The molecule has 1 aliphatic rings. The van der Waals surface area contributed by atoms with Crippen LogP contribution in [0.5, 0.6) is 5.75 Å². The average molecular weight is 264 g/mol. The zero-order chi connectivity index (χ0) is 13.7. The average Bonchev–Trinajstić information content (AvgIpc) is 2.78. The number of rotatable bonds is 6. The first kappa shape index (κ1) is 13.7. The molecule has 5 nitrogen and oxygen atoms in total. The molecular formula is C14H20N2O3. The fourth-order valence-corrected chi connectivity index (χ4v) is 2.15. The van der Waals surface area contributed by atoms with E-state index in [0.717, 1.165) is 24.2 Å². The maximum Gasteiger partial charge on any atom is 0.410 e. The minimum atomic E-state index is -0.238. The summed E-state index contributed by atoms with van der Waals surface area (Å²) in [6.45, 7) is 1.85. The van der Waals surface area contributed by atoms with Crippen molar-refractivity contribution in [2.24, 2.45) is 5.73 Å². The van der Waals surface area contributed by atoms with Crippen molar-refractivity contribution >= 4 is 6.09 Å². The quantitative estimate of drug-likeness (QED) is 0.850. The number of hydrogen-bond donors (Lipinski definition) is 1. The lowest BCUT2D eigenvalue weighted by Gasteiger charge is -2.13. The number of nitrogens with zero attached hydrogens (tertiary/aromatic N) is 1. The molecule has 2 N–H and O–H groups in total. The van der Waals surface area contributed by atoms with Crippen LogP contribution in [0.3, 0.4) is 0 Å². The van der Waals surface area contributed by atoms with E-state index in [1.54, 1.807) is 12.0 Å². The Kier molecular flexibility index (Phi) is 4.63. The summed E-state index contributed by atoms with van der Waals surface area (Å²) in [5, 5.41) is 0. The summed E-state index contributed by atoms with van der Waals surface area (Å²) in [6.07, 6.45) is 1.46. The summed E-state index contributed by atoms with van der Waals surface area (Å²) in [5.74, 6) is 0.813. The minimum absolute atomic E-state index is 0.0192. The highest BCUT2D eigenvalue weighted by Crippen LogP contribution is 2.19. The Balaban J connectivity index is 1.89. The maximum atomic E-state index is 11.7. The Bertz CT molecular complexity index is 419. The van der Waals surface area contributed by atoms with Crippen LogP contribution in [0, 0.1) is 0 Å². The number of carbonyl (C=O) groups excluding carboxylic acids is 1. The van der Waals surface area contributed by atoms with E-state index >= 15 is 0 Å². The largest absolute Gasteiger partial charge is 0.497 e. The van der Waals surface area contributed by atoms with Gasteiger partial charge < -0.3 is 20.1 Å². The van der Waals surface area contributed by atoms with Crippen LogP contribution in [-0.4, -0.2) is 37.3 Å². The fourth-order valence-electron chi connectivity index (χ4n) is 2.15. The van der Waals surface area contributed by atoms with E-state index in [1.165, 1.54) is 0 Å². The number of amides is 1. The first-order valence-corrected chi connectivity index (χ1v) is 6.51. The van der Waals surface area contributed by atoms with E-state index in [9.17, 15) is 4.79 Å². The molecule has 0 bridgehead atoms. The molecule has 1 amide bonds. The third-order valence-electron chi connectivity index (χ3n) is 3.21. The number of nitrogens with two attached hydrogens (primary N) is 1. The van der Waals surface area contributed by atoms with Gasteiger partial charge in [0.25, 0.3) is 0 Å². The minimum Gasteiger partial charge on any atom is -0.497 e. The van der Waals surface area contributed by atoms with Crippen molar-refractivity contribution in [3.63, 3.8) is 0 Å². The zero-order valence-corrected chi connectivity index (χ0v) is 11.2. The van der Waals surface area contributed by atoms with Crippen LogP contribution < -0.4 is 10.5 Å². The molecule has 1 heterocycles. The summed E-state index contributed by atoms with van der Waals surface area (Å²) in [5.41, 5.74) is 6.53. The van der Waals surface area contributed by atoms with Gasteiger partial charge in [0.1, 0.15) is 11.9 Å². The van der Waals surface area contributed by atoms with Gasteiger partial charge in [-0.2, -0.15) is 0 Å². The smallest absolute Gasteiger partial charge is 0.410 e. The summed E-state index contributed by atoms with van der Waals surface area (Å²) in [7, 11) is 1.63. The molecule has 0 aliphatic carbocycles. The van der Waals surface area contributed by atoms with E-state index in [0.29, 0.717) is 19.6 Å². The van der Waals surface area contributed by atoms with Gasteiger partial charge in [0, 0.05) is 6.54 Å². The third kappa shape index (κ3) is 3.61. The van der Waals surface area contributed by atoms with Crippen LogP contribution in [0.25, 0.3) is 0 Å². The lowest BCUT2D eigenvalue weighted by Crippen LogP contribution is -2.24. The van der Waals surface area contributed by atoms with Crippen molar-refractivity contribution in [1.29, 1.82) is 0 Å². The van der Waals surface area contributed by atoms with Gasteiger partial charge in [0.15, 0.2) is 0 Å². The maximum absolute atomic E-state index is 11.7. The second kappa shape index (κ2) is 6.43. The van der Waals surface area contributed by atoms with Crippen molar-refractivity contribution in [1.82, 2.24) is 4.90 Å². The van der Waals surface area contributed by atoms with Crippen molar-refractivity contribution in [2.45, 2.75) is 25.5 Å². The number of methoxy groups -OCH3 is 1. The van der Waals surface area contributed by atoms with Crippen molar-refractivity contribution in [3.05, 3.63) is 29.8 Å². The Hall–Kier alpha value is -1.75. The van der Waals surface area contributed by atoms with E-state index in [2.05, 4.69) is 0 Å². The Morgan fingerprint density at radius 3 is 2.79 bits per heavy atom. The highest BCUT2D eigenvalue weighted by molar-refractivity contribution is 5.69. The zero-order valence-electron chi connectivity index (χ0n) is 11.2. The molecule has 19 heavy (non-hydrogen) atoms. The van der Waals surface area contributed by atoms with Crippen LogP contribution in [0.15, 0.2) is 24.3 Å². The van der Waals surface area contributed by atoms with Gasteiger partial charge in [-0.3, -0.25) is 0 Å². The van der Waals surface area contributed by atoms with E-state index in [1.807, 2.05) is 24.3 Å². The number of hydrogen-bond acceptors (Lipinski definition) is 4. The third-order valence-corrected chi connectivity index (χ3v) is 3.21. The SMILES string of the molecule is COc1ccc(CN2CC(CCCN)OC2=O)cc1. The topological polar surface area (TPSA) is 64.8 Å². The molecule has 1 aliphatic heterocycles. The summed E-state index contributed by atoms with van der Waals surface area (Å²) in [6, 6.07) is 7.70. The predicted octanol–water partition coefficient (Wildman–Crippen LogP) is 1.75. The Labute approximate surface area is 113 Å². The molecule has 2 rings (SSSR count). The molecule has 1 aromatic carbocycles. The first-order valence-electron chi connectivity index (χ1n) is 6.51. The fraction of sp³-hybridized carbons (Fsp3) is 0.500. The van der Waals surface area contributed by atoms with Crippen LogP contribution in [0.1, 0.15) is 18.4 Å². The molecule has 0 spiro atoms. The first-order chi connectivity index (χ1) is 9.22. The second-order valence-corrected chi connectivity index (χ2v) is 4.67. The number of ether oxygens (including phenoxy) is 2. The monoisotopic (exact) mass is 264 g/mol. The molecule has 1 fully saturated rings. The summed E-state index contributed by atoms with van der Waals surface area (Å²) < 4.78 is 10.4. The summed E-state index contributed by atoms with van der Waals surface area (Å²) >= 11 is 0. The van der Waals surface area contributed by atoms with E-state index in [-0.39, 0.29) is 12.2 Å². The van der Waals surface area contributed by atoms with Gasteiger partial charge in [-0.05, 0) is 37.1 Å². The molecule has 1 unspecified atom stereocenters. The van der Waals surface area contributed by atoms with Crippen LogP contribution in [-0.2, 0) is 11.3 Å². The molecule has 0 aromatic heterocycles. The number of cyclic esters (lactones) is 1. The van der Waals surface area contributed by atoms with Crippen molar-refractivity contribution in [3.8, 4) is 5.75 Å². The second-order valence-electron chi connectivity index (χ2n) is 4.67. The van der Waals surface area contributed by atoms with Gasteiger partial charge in [-0.25, -0.2) is 4.79 Å². The van der Waals surface area contributed by atoms with E-state index in [4.69, 9.17) is 15.2 Å². The van der Waals surface area contributed by atoms with Gasteiger partial charge >= 0.3 is 6.09 Å². The predicted molar refractivity (Wildman–Crippen MR) is 72.0 cm³/mol.